The molecule has 1 rings (SSSR count). The first-order valence-electron chi connectivity index (χ1n) is 6.02. The maximum atomic E-state index is 11.7. The van der Waals surface area contributed by atoms with E-state index < -0.39 is 5.38 Å². The lowest BCUT2D eigenvalue weighted by molar-refractivity contribution is -0.120. The zero-order valence-electron chi connectivity index (χ0n) is 10.8. The van der Waals surface area contributed by atoms with Gasteiger partial charge in [0.15, 0.2) is 0 Å². The second-order valence-corrected chi connectivity index (χ2v) is 4.65. The van der Waals surface area contributed by atoms with Crippen LogP contribution in [-0.4, -0.2) is 21.5 Å². The van der Waals surface area contributed by atoms with E-state index in [4.69, 9.17) is 11.6 Å². The largest absolute Gasteiger partial charge is 0.351 e. The Morgan fingerprint density at radius 3 is 2.56 bits per heavy atom. The molecule has 2 N–H and O–H groups in total. The molecule has 6 heteroatoms. The van der Waals surface area contributed by atoms with Crippen LogP contribution in [-0.2, 0) is 24.2 Å². The number of carbonyl (C=O) groups is 1. The number of aryl methyl sites for hydroxylation is 1. The summed E-state index contributed by atoms with van der Waals surface area (Å²) in [7, 11) is 0. The summed E-state index contributed by atoms with van der Waals surface area (Å²) < 4.78 is 0. The van der Waals surface area contributed by atoms with Gasteiger partial charge in [0.2, 0.25) is 5.91 Å². The van der Waals surface area contributed by atoms with Crippen LogP contribution in [0.2, 0.25) is 0 Å². The van der Waals surface area contributed by atoms with Crippen molar-refractivity contribution >= 4 is 17.5 Å². The molecule has 0 saturated heterocycles. The van der Waals surface area contributed by atoms with Crippen molar-refractivity contribution in [3.8, 4) is 0 Å². The lowest BCUT2D eigenvalue weighted by atomic mass is 10.0. The molecule has 0 fully saturated rings. The number of alkyl halides is 1. The lowest BCUT2D eigenvalue weighted by Gasteiger charge is -2.11. The molecule has 1 atom stereocenters. The van der Waals surface area contributed by atoms with Gasteiger partial charge < -0.3 is 5.32 Å². The second-order valence-electron chi connectivity index (χ2n) is 4.00. The second kappa shape index (κ2) is 6.54. The van der Waals surface area contributed by atoms with Crippen LogP contribution < -0.4 is 10.9 Å². The SMILES string of the molecule is CCc1n[nH]c(=O)c(CNC(=O)C(C)Cl)c1CC. The highest BCUT2D eigenvalue weighted by atomic mass is 35.5. The topological polar surface area (TPSA) is 74.8 Å². The first-order valence-corrected chi connectivity index (χ1v) is 6.45. The Labute approximate surface area is 111 Å². The molecule has 18 heavy (non-hydrogen) atoms. The third-order valence-corrected chi connectivity index (χ3v) is 2.97. The molecule has 1 heterocycles. The number of nitrogens with one attached hydrogen (secondary N) is 2. The Kier molecular flexibility index (Phi) is 5.34. The number of nitrogens with zero attached hydrogens (tertiary/aromatic N) is 1. The van der Waals surface area contributed by atoms with Crippen molar-refractivity contribution in [2.75, 3.05) is 0 Å². The average Bonchev–Trinajstić information content (AvgIpc) is 2.36. The van der Waals surface area contributed by atoms with Crippen LogP contribution >= 0.6 is 11.6 Å². The fraction of sp³-hybridized carbons (Fsp3) is 0.583. The quantitative estimate of drug-likeness (QED) is 0.789. The number of hydrogen-bond donors (Lipinski definition) is 2. The van der Waals surface area contributed by atoms with Crippen LogP contribution in [0.4, 0.5) is 0 Å². The minimum absolute atomic E-state index is 0.184. The minimum Gasteiger partial charge on any atom is -0.351 e. The predicted molar refractivity (Wildman–Crippen MR) is 70.8 cm³/mol. The van der Waals surface area contributed by atoms with Gasteiger partial charge in [-0.15, -0.1) is 11.6 Å². The molecule has 0 aliphatic carbocycles. The molecule has 1 unspecified atom stereocenters. The van der Waals surface area contributed by atoms with Crippen LogP contribution in [0, 0.1) is 0 Å². The van der Waals surface area contributed by atoms with Gasteiger partial charge in [0.1, 0.15) is 5.38 Å². The van der Waals surface area contributed by atoms with E-state index in [2.05, 4.69) is 15.5 Å². The van der Waals surface area contributed by atoms with Crippen molar-refractivity contribution < 1.29 is 4.79 Å². The van der Waals surface area contributed by atoms with Crippen molar-refractivity contribution in [1.29, 1.82) is 0 Å². The van der Waals surface area contributed by atoms with Gasteiger partial charge in [-0.05, 0) is 25.3 Å². The molecule has 0 spiro atoms. The third kappa shape index (κ3) is 3.32. The summed E-state index contributed by atoms with van der Waals surface area (Å²) in [5, 5.41) is 8.51. The first kappa shape index (κ1) is 14.7. The summed E-state index contributed by atoms with van der Waals surface area (Å²) in [6.07, 6.45) is 1.45. The van der Waals surface area contributed by atoms with Crippen molar-refractivity contribution in [1.82, 2.24) is 15.5 Å². The van der Waals surface area contributed by atoms with Gasteiger partial charge in [0.05, 0.1) is 5.69 Å². The average molecular weight is 272 g/mol. The van der Waals surface area contributed by atoms with Crippen molar-refractivity contribution in [2.24, 2.45) is 0 Å². The van der Waals surface area contributed by atoms with E-state index in [-0.39, 0.29) is 18.0 Å². The molecule has 0 radical (unpaired) electrons. The number of rotatable bonds is 5. The number of aromatic amines is 1. The van der Waals surface area contributed by atoms with E-state index in [1.165, 1.54) is 0 Å². The molecule has 0 aliphatic heterocycles. The Bertz CT molecular complexity index is 483. The lowest BCUT2D eigenvalue weighted by Crippen LogP contribution is -2.32. The van der Waals surface area contributed by atoms with E-state index >= 15 is 0 Å². The number of H-pyrrole nitrogens is 1. The zero-order chi connectivity index (χ0) is 13.7. The highest BCUT2D eigenvalue weighted by molar-refractivity contribution is 6.30. The van der Waals surface area contributed by atoms with Crippen LogP contribution in [0.3, 0.4) is 0 Å². The van der Waals surface area contributed by atoms with E-state index in [0.717, 1.165) is 17.7 Å². The highest BCUT2D eigenvalue weighted by Gasteiger charge is 2.14. The number of halogens is 1. The van der Waals surface area contributed by atoms with Gasteiger partial charge in [0, 0.05) is 12.1 Å². The molecule has 0 aliphatic rings. The number of aromatic nitrogens is 2. The molecule has 1 amide bonds. The van der Waals surface area contributed by atoms with E-state index in [1.807, 2.05) is 13.8 Å². The van der Waals surface area contributed by atoms with Gasteiger partial charge in [-0.1, -0.05) is 13.8 Å². The normalized spacial score (nSPS) is 12.2. The van der Waals surface area contributed by atoms with Gasteiger partial charge in [0.25, 0.3) is 5.56 Å². The smallest absolute Gasteiger partial charge is 0.269 e. The zero-order valence-corrected chi connectivity index (χ0v) is 11.6. The van der Waals surface area contributed by atoms with Crippen LogP contribution in [0.5, 0.6) is 0 Å². The Hall–Kier alpha value is -1.36. The van der Waals surface area contributed by atoms with E-state index in [0.29, 0.717) is 12.0 Å². The molecule has 1 aromatic rings. The summed E-state index contributed by atoms with van der Waals surface area (Å²) >= 11 is 5.66. The Morgan fingerprint density at radius 1 is 1.39 bits per heavy atom. The van der Waals surface area contributed by atoms with Crippen molar-refractivity contribution in [3.63, 3.8) is 0 Å². The fourth-order valence-electron chi connectivity index (χ4n) is 1.78. The van der Waals surface area contributed by atoms with Crippen LogP contribution in [0.1, 0.15) is 37.6 Å². The molecular formula is C12H18ClN3O2. The maximum absolute atomic E-state index is 11.7. The van der Waals surface area contributed by atoms with E-state index in [9.17, 15) is 9.59 Å². The molecule has 0 saturated carbocycles. The Balaban J connectivity index is 3.00. The predicted octanol–water partition coefficient (Wildman–Crippen LogP) is 1.14. The van der Waals surface area contributed by atoms with Crippen molar-refractivity contribution in [2.45, 2.75) is 45.5 Å². The summed E-state index contributed by atoms with van der Waals surface area (Å²) in [6.45, 7) is 5.71. The summed E-state index contributed by atoms with van der Waals surface area (Å²) in [5.41, 5.74) is 2.07. The number of amides is 1. The minimum atomic E-state index is -0.610. The number of hydrogen-bond acceptors (Lipinski definition) is 3. The van der Waals surface area contributed by atoms with E-state index in [1.54, 1.807) is 6.92 Å². The molecular weight excluding hydrogens is 254 g/mol. The van der Waals surface area contributed by atoms with Gasteiger partial charge in [-0.25, -0.2) is 5.10 Å². The van der Waals surface area contributed by atoms with Gasteiger partial charge >= 0.3 is 0 Å². The standard InChI is InChI=1S/C12H18ClN3O2/c1-4-8-9(6-14-11(17)7(3)13)12(18)16-15-10(8)5-2/h7H,4-6H2,1-3H3,(H,14,17)(H,16,18). The fourth-order valence-corrected chi connectivity index (χ4v) is 1.85. The third-order valence-electron chi connectivity index (χ3n) is 2.77. The monoisotopic (exact) mass is 271 g/mol. The summed E-state index contributed by atoms with van der Waals surface area (Å²) in [4.78, 5) is 23.2. The Morgan fingerprint density at radius 2 is 2.06 bits per heavy atom. The highest BCUT2D eigenvalue weighted by Crippen LogP contribution is 2.10. The molecule has 100 valence electrons. The molecule has 5 nitrogen and oxygen atoms in total. The van der Waals surface area contributed by atoms with Gasteiger partial charge in [-0.2, -0.15) is 5.10 Å². The summed E-state index contributed by atoms with van der Waals surface area (Å²) in [5.74, 6) is -0.284. The summed E-state index contributed by atoms with van der Waals surface area (Å²) in [6, 6.07) is 0. The van der Waals surface area contributed by atoms with Crippen molar-refractivity contribution in [3.05, 3.63) is 27.2 Å². The molecule has 0 bridgehead atoms. The van der Waals surface area contributed by atoms with Crippen LogP contribution in [0.25, 0.3) is 0 Å². The van der Waals surface area contributed by atoms with Crippen LogP contribution in [0.15, 0.2) is 4.79 Å². The van der Waals surface area contributed by atoms with Gasteiger partial charge in [-0.3, -0.25) is 9.59 Å². The number of carbonyl (C=O) groups excluding carboxylic acids is 1. The molecule has 0 aromatic carbocycles. The molecule has 1 aromatic heterocycles. The first-order chi connectivity index (χ1) is 8.51. The maximum Gasteiger partial charge on any atom is 0.269 e.